The number of rotatable bonds is 3. The van der Waals surface area contributed by atoms with Crippen molar-refractivity contribution in [3.63, 3.8) is 0 Å². The number of aromatic nitrogens is 3. The fourth-order valence-electron chi connectivity index (χ4n) is 3.17. The molecule has 4 rings (SSSR count). The third-order valence-corrected chi connectivity index (χ3v) is 4.44. The van der Waals surface area contributed by atoms with Gasteiger partial charge in [-0.1, -0.05) is 35.5 Å². The molecule has 0 radical (unpaired) electrons. The quantitative estimate of drug-likeness (QED) is 0.743. The normalized spacial score (nSPS) is 17.4. The monoisotopic (exact) mass is 322 g/mol. The summed E-state index contributed by atoms with van der Waals surface area (Å²) in [5.74, 6) is 1.07. The number of benzene rings is 1. The van der Waals surface area contributed by atoms with Crippen LogP contribution in [0, 0.1) is 0 Å². The second-order valence-electron chi connectivity index (χ2n) is 5.98. The molecular formula is C18H18N4O2. The van der Waals surface area contributed by atoms with E-state index in [2.05, 4.69) is 10.1 Å². The molecule has 3 aromatic rings. The molecule has 2 aromatic heterocycles. The van der Waals surface area contributed by atoms with Crippen molar-refractivity contribution < 1.29 is 9.32 Å². The van der Waals surface area contributed by atoms with E-state index in [0.29, 0.717) is 24.0 Å². The zero-order valence-corrected chi connectivity index (χ0v) is 13.4. The molecule has 1 aliphatic rings. The first-order chi connectivity index (χ1) is 11.7. The molecule has 3 heterocycles. The van der Waals surface area contributed by atoms with E-state index in [0.717, 1.165) is 18.4 Å². The Hall–Kier alpha value is -2.89. The van der Waals surface area contributed by atoms with Crippen LogP contribution in [-0.4, -0.2) is 32.1 Å². The minimum Gasteiger partial charge on any atom is -0.347 e. The van der Waals surface area contributed by atoms with Crippen LogP contribution in [0.15, 0.2) is 53.2 Å². The molecule has 1 aromatic carbocycles. The first-order valence-corrected chi connectivity index (χ1v) is 8.05. The molecule has 0 saturated carbocycles. The Labute approximate surface area is 139 Å². The molecule has 0 N–H and O–H groups in total. The number of hydrogen-bond acceptors (Lipinski definition) is 4. The molecule has 122 valence electrons. The Bertz CT molecular complexity index is 853. The van der Waals surface area contributed by atoms with Crippen molar-refractivity contribution in [2.45, 2.75) is 18.9 Å². The van der Waals surface area contributed by atoms with Gasteiger partial charge in [0, 0.05) is 25.4 Å². The average molecular weight is 322 g/mol. The van der Waals surface area contributed by atoms with Gasteiger partial charge >= 0.3 is 0 Å². The molecule has 1 atom stereocenters. The molecule has 0 aliphatic carbocycles. The predicted molar refractivity (Wildman–Crippen MR) is 88.2 cm³/mol. The van der Waals surface area contributed by atoms with Crippen LogP contribution >= 0.6 is 0 Å². The van der Waals surface area contributed by atoms with Gasteiger partial charge in [0.2, 0.25) is 11.7 Å². The van der Waals surface area contributed by atoms with Crippen molar-refractivity contribution >= 4 is 5.91 Å². The zero-order chi connectivity index (χ0) is 16.5. The van der Waals surface area contributed by atoms with Crippen LogP contribution in [0.4, 0.5) is 0 Å². The highest BCUT2D eigenvalue weighted by Crippen LogP contribution is 2.33. The van der Waals surface area contributed by atoms with Gasteiger partial charge in [-0.3, -0.25) is 4.79 Å². The SMILES string of the molecule is Cn1cccc1C(=O)N1CCCC1c1nc(-c2ccccc2)no1. The van der Waals surface area contributed by atoms with Crippen LogP contribution in [0.2, 0.25) is 0 Å². The zero-order valence-electron chi connectivity index (χ0n) is 13.4. The smallest absolute Gasteiger partial charge is 0.271 e. The van der Waals surface area contributed by atoms with E-state index in [1.54, 1.807) is 0 Å². The van der Waals surface area contributed by atoms with Crippen LogP contribution in [0.3, 0.4) is 0 Å². The summed E-state index contributed by atoms with van der Waals surface area (Å²) in [6.07, 6.45) is 3.65. The first kappa shape index (κ1) is 14.7. The molecule has 1 unspecified atom stereocenters. The summed E-state index contributed by atoms with van der Waals surface area (Å²) in [4.78, 5) is 19.2. The molecule has 6 nitrogen and oxygen atoms in total. The highest BCUT2D eigenvalue weighted by atomic mass is 16.5. The van der Waals surface area contributed by atoms with Gasteiger partial charge in [0.15, 0.2) is 0 Å². The summed E-state index contributed by atoms with van der Waals surface area (Å²) in [6.45, 7) is 0.706. The number of hydrogen-bond donors (Lipinski definition) is 0. The maximum atomic E-state index is 12.8. The number of carbonyl (C=O) groups excluding carboxylic acids is 1. The highest BCUT2D eigenvalue weighted by Gasteiger charge is 2.35. The Kier molecular flexibility index (Phi) is 3.65. The Morgan fingerprint density at radius 1 is 1.21 bits per heavy atom. The van der Waals surface area contributed by atoms with Crippen LogP contribution in [0.1, 0.15) is 35.3 Å². The predicted octanol–water partition coefficient (Wildman–Crippen LogP) is 3.05. The van der Waals surface area contributed by atoms with E-state index in [1.807, 2.05) is 65.2 Å². The van der Waals surface area contributed by atoms with E-state index in [1.165, 1.54) is 0 Å². The van der Waals surface area contributed by atoms with Crippen LogP contribution in [-0.2, 0) is 7.05 Å². The topological polar surface area (TPSA) is 64.2 Å². The highest BCUT2D eigenvalue weighted by molar-refractivity contribution is 5.93. The number of aryl methyl sites for hydroxylation is 1. The first-order valence-electron chi connectivity index (χ1n) is 8.05. The van der Waals surface area contributed by atoms with E-state index < -0.39 is 0 Å². The second-order valence-corrected chi connectivity index (χ2v) is 5.98. The van der Waals surface area contributed by atoms with Crippen molar-refractivity contribution in [3.8, 4) is 11.4 Å². The fourth-order valence-corrected chi connectivity index (χ4v) is 3.17. The molecule has 0 spiro atoms. The third kappa shape index (κ3) is 2.50. The van der Waals surface area contributed by atoms with Gasteiger partial charge in [-0.25, -0.2) is 0 Å². The summed E-state index contributed by atoms with van der Waals surface area (Å²) in [6, 6.07) is 13.3. The van der Waals surface area contributed by atoms with Crippen molar-refractivity contribution in [2.75, 3.05) is 6.54 Å². The summed E-state index contributed by atoms with van der Waals surface area (Å²) in [5, 5.41) is 4.08. The minimum atomic E-state index is -0.155. The lowest BCUT2D eigenvalue weighted by Crippen LogP contribution is -2.31. The number of likely N-dealkylation sites (tertiary alicyclic amines) is 1. The number of amides is 1. The lowest BCUT2D eigenvalue weighted by molar-refractivity contribution is 0.0700. The van der Waals surface area contributed by atoms with Gasteiger partial charge in [0.1, 0.15) is 11.7 Å². The van der Waals surface area contributed by atoms with Gasteiger partial charge in [-0.05, 0) is 25.0 Å². The van der Waals surface area contributed by atoms with E-state index in [4.69, 9.17) is 4.52 Å². The summed E-state index contributed by atoms with van der Waals surface area (Å²) >= 11 is 0. The summed E-state index contributed by atoms with van der Waals surface area (Å²) in [5.41, 5.74) is 1.58. The molecule has 1 fully saturated rings. The van der Waals surface area contributed by atoms with Crippen LogP contribution in [0.5, 0.6) is 0 Å². The van der Waals surface area contributed by atoms with Gasteiger partial charge in [-0.15, -0.1) is 0 Å². The molecule has 1 saturated heterocycles. The average Bonchev–Trinajstić information content (AvgIpc) is 3.35. The van der Waals surface area contributed by atoms with Crippen molar-refractivity contribution in [3.05, 3.63) is 60.2 Å². The van der Waals surface area contributed by atoms with Crippen molar-refractivity contribution in [1.29, 1.82) is 0 Å². The Balaban J connectivity index is 1.61. The lowest BCUT2D eigenvalue weighted by atomic mass is 10.2. The molecule has 1 aliphatic heterocycles. The molecule has 1 amide bonds. The summed E-state index contributed by atoms with van der Waals surface area (Å²) < 4.78 is 7.30. The van der Waals surface area contributed by atoms with Gasteiger partial charge in [0.25, 0.3) is 5.91 Å². The molecule has 0 bridgehead atoms. The lowest BCUT2D eigenvalue weighted by Gasteiger charge is -2.22. The standard InChI is InChI=1S/C18H18N4O2/c1-21-11-5-10-15(21)18(23)22-12-6-9-14(22)17-19-16(20-24-17)13-7-3-2-4-8-13/h2-5,7-8,10-11,14H,6,9,12H2,1H3. The molecular weight excluding hydrogens is 304 g/mol. The fraction of sp³-hybridized carbons (Fsp3) is 0.278. The van der Waals surface area contributed by atoms with E-state index in [-0.39, 0.29) is 11.9 Å². The second kappa shape index (κ2) is 5.96. The van der Waals surface area contributed by atoms with Crippen molar-refractivity contribution in [2.24, 2.45) is 7.05 Å². The van der Waals surface area contributed by atoms with Crippen LogP contribution in [0.25, 0.3) is 11.4 Å². The van der Waals surface area contributed by atoms with Gasteiger partial charge in [-0.2, -0.15) is 4.98 Å². The maximum absolute atomic E-state index is 12.8. The van der Waals surface area contributed by atoms with Gasteiger partial charge in [0.05, 0.1) is 0 Å². The van der Waals surface area contributed by atoms with Gasteiger partial charge < -0.3 is 14.0 Å². The van der Waals surface area contributed by atoms with E-state index >= 15 is 0 Å². The van der Waals surface area contributed by atoms with Crippen LogP contribution < -0.4 is 0 Å². The third-order valence-electron chi connectivity index (χ3n) is 4.44. The molecule has 6 heteroatoms. The molecule has 24 heavy (non-hydrogen) atoms. The maximum Gasteiger partial charge on any atom is 0.271 e. The number of carbonyl (C=O) groups is 1. The Morgan fingerprint density at radius 3 is 2.79 bits per heavy atom. The summed E-state index contributed by atoms with van der Waals surface area (Å²) in [7, 11) is 1.87. The minimum absolute atomic E-state index is 0.00413. The number of nitrogens with zero attached hydrogens (tertiary/aromatic N) is 4. The van der Waals surface area contributed by atoms with E-state index in [9.17, 15) is 4.79 Å². The van der Waals surface area contributed by atoms with Crippen molar-refractivity contribution in [1.82, 2.24) is 19.6 Å². The Morgan fingerprint density at radius 2 is 2.04 bits per heavy atom. The largest absolute Gasteiger partial charge is 0.347 e.